The third kappa shape index (κ3) is 3.63. The van der Waals surface area contributed by atoms with E-state index in [-0.39, 0.29) is 17.5 Å². The van der Waals surface area contributed by atoms with E-state index in [4.69, 9.17) is 0 Å². The van der Waals surface area contributed by atoms with E-state index in [1.165, 1.54) is 6.07 Å². The van der Waals surface area contributed by atoms with Gasteiger partial charge in [-0.2, -0.15) is 0 Å². The molecule has 2 aromatic rings. The molecule has 1 aromatic heterocycles. The number of anilines is 1. The Bertz CT molecular complexity index is 855. The molecule has 6 nitrogen and oxygen atoms in total. The molecule has 3 rings (SSSR count). The van der Waals surface area contributed by atoms with E-state index in [9.17, 15) is 14.4 Å². The number of nitrogens with zero attached hydrogens (tertiary/aromatic N) is 1. The number of hydrogen-bond donors (Lipinski definition) is 2. The van der Waals surface area contributed by atoms with E-state index >= 15 is 0 Å². The number of nitrogens with one attached hydrogen (secondary N) is 2. The number of rotatable bonds is 4. The molecule has 0 saturated carbocycles. The predicted molar refractivity (Wildman–Crippen MR) is 95.7 cm³/mol. The molecule has 6 heteroatoms. The van der Waals surface area contributed by atoms with Gasteiger partial charge in [0.2, 0.25) is 5.91 Å². The van der Waals surface area contributed by atoms with Gasteiger partial charge in [0.1, 0.15) is 5.56 Å². The van der Waals surface area contributed by atoms with Crippen LogP contribution in [0.25, 0.3) is 0 Å². The highest BCUT2D eigenvalue weighted by Gasteiger charge is 2.22. The number of pyridine rings is 1. The summed E-state index contributed by atoms with van der Waals surface area (Å²) in [7, 11) is 0. The maximum atomic E-state index is 12.3. The Balaban J connectivity index is 1.70. The highest BCUT2D eigenvalue weighted by molar-refractivity contribution is 5.95. The molecular formula is C19H21N3O3. The van der Waals surface area contributed by atoms with Crippen LogP contribution in [0.2, 0.25) is 0 Å². The summed E-state index contributed by atoms with van der Waals surface area (Å²) in [6.07, 6.45) is 1.48. The molecule has 1 aliphatic heterocycles. The lowest BCUT2D eigenvalue weighted by atomic mass is 10.1. The van der Waals surface area contributed by atoms with Crippen molar-refractivity contribution in [1.29, 1.82) is 0 Å². The molecule has 2 heterocycles. The number of H-pyrrole nitrogens is 1. The fraction of sp³-hybridized carbons (Fsp3) is 0.316. The standard InChI is InChI=1S/C19H21N3O3/c1-12-5-10-16(18(24)20-12)19(25)21-13(2)14-6-8-15(9-7-14)22-11-3-4-17(22)23/h5-10,13H,3-4,11H2,1-2H3,(H,20,24)(H,21,25)/t13-/m0/s1. The largest absolute Gasteiger partial charge is 0.345 e. The van der Waals surface area contributed by atoms with E-state index in [0.29, 0.717) is 12.1 Å². The van der Waals surface area contributed by atoms with Crippen LogP contribution in [0.5, 0.6) is 0 Å². The van der Waals surface area contributed by atoms with Crippen molar-refractivity contribution in [3.63, 3.8) is 0 Å². The van der Waals surface area contributed by atoms with Gasteiger partial charge in [0.15, 0.2) is 0 Å². The van der Waals surface area contributed by atoms with Crippen molar-refractivity contribution in [2.75, 3.05) is 11.4 Å². The zero-order valence-corrected chi connectivity index (χ0v) is 14.3. The summed E-state index contributed by atoms with van der Waals surface area (Å²) in [6.45, 7) is 4.37. The van der Waals surface area contributed by atoms with Gasteiger partial charge in [-0.25, -0.2) is 0 Å². The molecule has 0 spiro atoms. The quantitative estimate of drug-likeness (QED) is 0.897. The maximum Gasteiger partial charge on any atom is 0.260 e. The second kappa shape index (κ2) is 6.93. The van der Waals surface area contributed by atoms with Crippen LogP contribution in [0.1, 0.15) is 47.4 Å². The SMILES string of the molecule is Cc1ccc(C(=O)N[C@@H](C)c2ccc(N3CCCC3=O)cc2)c(=O)[nH]1. The summed E-state index contributed by atoms with van der Waals surface area (Å²) in [5, 5.41) is 2.83. The smallest absolute Gasteiger partial charge is 0.260 e. The Kier molecular flexibility index (Phi) is 4.70. The van der Waals surface area contributed by atoms with Crippen LogP contribution in [0.15, 0.2) is 41.2 Å². The van der Waals surface area contributed by atoms with Crippen molar-refractivity contribution in [2.45, 2.75) is 32.7 Å². The predicted octanol–water partition coefficient (Wildman–Crippen LogP) is 2.30. The lowest BCUT2D eigenvalue weighted by Crippen LogP contribution is -2.31. The molecule has 1 aliphatic rings. The van der Waals surface area contributed by atoms with Gasteiger partial charge < -0.3 is 15.2 Å². The average molecular weight is 339 g/mol. The fourth-order valence-electron chi connectivity index (χ4n) is 2.97. The second-order valence-corrected chi connectivity index (χ2v) is 6.32. The lowest BCUT2D eigenvalue weighted by molar-refractivity contribution is -0.117. The molecule has 0 radical (unpaired) electrons. The number of amides is 2. The molecule has 0 unspecified atom stereocenters. The molecule has 2 N–H and O–H groups in total. The van der Waals surface area contributed by atoms with Gasteiger partial charge in [-0.05, 0) is 50.1 Å². The maximum absolute atomic E-state index is 12.3. The Morgan fingerprint density at radius 3 is 2.48 bits per heavy atom. The van der Waals surface area contributed by atoms with E-state index in [1.54, 1.807) is 17.9 Å². The minimum Gasteiger partial charge on any atom is -0.345 e. The number of benzene rings is 1. The number of aromatic nitrogens is 1. The Hall–Kier alpha value is -2.89. The topological polar surface area (TPSA) is 82.3 Å². The fourth-order valence-corrected chi connectivity index (χ4v) is 2.97. The summed E-state index contributed by atoms with van der Waals surface area (Å²) >= 11 is 0. The third-order valence-corrected chi connectivity index (χ3v) is 4.43. The average Bonchev–Trinajstić information content (AvgIpc) is 3.00. The Labute approximate surface area is 145 Å². The zero-order valence-electron chi connectivity index (χ0n) is 14.3. The van der Waals surface area contributed by atoms with E-state index in [1.807, 2.05) is 31.2 Å². The number of aryl methyl sites for hydroxylation is 1. The van der Waals surface area contributed by atoms with Crippen LogP contribution in [0.4, 0.5) is 5.69 Å². The van der Waals surface area contributed by atoms with Gasteiger partial charge in [-0.15, -0.1) is 0 Å². The van der Waals surface area contributed by atoms with Gasteiger partial charge >= 0.3 is 0 Å². The van der Waals surface area contributed by atoms with Crippen molar-refractivity contribution in [2.24, 2.45) is 0 Å². The van der Waals surface area contributed by atoms with Crippen LogP contribution >= 0.6 is 0 Å². The van der Waals surface area contributed by atoms with E-state index < -0.39 is 11.5 Å². The number of carbonyl (C=O) groups excluding carboxylic acids is 2. The number of carbonyl (C=O) groups is 2. The molecule has 1 aromatic carbocycles. The van der Waals surface area contributed by atoms with Crippen LogP contribution in [-0.4, -0.2) is 23.3 Å². The van der Waals surface area contributed by atoms with Crippen molar-refractivity contribution in [3.05, 3.63) is 63.6 Å². The number of hydrogen-bond acceptors (Lipinski definition) is 3. The molecule has 1 saturated heterocycles. The first kappa shape index (κ1) is 17.0. The summed E-state index contributed by atoms with van der Waals surface area (Å²) in [5.74, 6) is -0.264. The summed E-state index contributed by atoms with van der Waals surface area (Å²) < 4.78 is 0. The van der Waals surface area contributed by atoms with E-state index in [0.717, 1.165) is 24.2 Å². The lowest BCUT2D eigenvalue weighted by Gasteiger charge is -2.18. The van der Waals surface area contributed by atoms with Gasteiger partial charge in [-0.1, -0.05) is 12.1 Å². The van der Waals surface area contributed by atoms with Crippen LogP contribution in [0.3, 0.4) is 0 Å². The van der Waals surface area contributed by atoms with Crippen molar-refractivity contribution < 1.29 is 9.59 Å². The zero-order chi connectivity index (χ0) is 18.0. The van der Waals surface area contributed by atoms with Gasteiger partial charge in [0.05, 0.1) is 6.04 Å². The second-order valence-electron chi connectivity index (χ2n) is 6.32. The summed E-state index contributed by atoms with van der Waals surface area (Å²) in [6, 6.07) is 10.5. The Morgan fingerprint density at radius 2 is 1.88 bits per heavy atom. The first-order valence-electron chi connectivity index (χ1n) is 8.37. The van der Waals surface area contributed by atoms with Crippen molar-refractivity contribution >= 4 is 17.5 Å². The minimum absolute atomic E-state index is 0.0942. The molecule has 0 bridgehead atoms. The minimum atomic E-state index is -0.410. The van der Waals surface area contributed by atoms with Crippen molar-refractivity contribution in [3.8, 4) is 0 Å². The van der Waals surface area contributed by atoms with Crippen LogP contribution in [0, 0.1) is 6.92 Å². The van der Waals surface area contributed by atoms with Crippen LogP contribution in [-0.2, 0) is 4.79 Å². The molecule has 1 fully saturated rings. The number of aromatic amines is 1. The third-order valence-electron chi connectivity index (χ3n) is 4.43. The molecule has 130 valence electrons. The molecular weight excluding hydrogens is 318 g/mol. The van der Waals surface area contributed by atoms with Gasteiger partial charge in [0, 0.05) is 24.3 Å². The van der Waals surface area contributed by atoms with Crippen molar-refractivity contribution in [1.82, 2.24) is 10.3 Å². The highest BCUT2D eigenvalue weighted by Crippen LogP contribution is 2.23. The highest BCUT2D eigenvalue weighted by atomic mass is 16.2. The normalized spacial score (nSPS) is 15.3. The first-order chi connectivity index (χ1) is 12.0. The molecule has 2 amide bonds. The molecule has 1 atom stereocenters. The molecule has 0 aliphatic carbocycles. The summed E-state index contributed by atoms with van der Waals surface area (Å²) in [5.41, 5.74) is 2.19. The van der Waals surface area contributed by atoms with Gasteiger partial charge in [-0.3, -0.25) is 14.4 Å². The summed E-state index contributed by atoms with van der Waals surface area (Å²) in [4.78, 5) is 40.4. The van der Waals surface area contributed by atoms with Crippen LogP contribution < -0.4 is 15.8 Å². The Morgan fingerprint density at radius 1 is 1.16 bits per heavy atom. The first-order valence-corrected chi connectivity index (χ1v) is 8.37. The monoisotopic (exact) mass is 339 g/mol. The molecule has 25 heavy (non-hydrogen) atoms. The van der Waals surface area contributed by atoms with E-state index in [2.05, 4.69) is 10.3 Å². The van der Waals surface area contributed by atoms with Gasteiger partial charge in [0.25, 0.3) is 11.5 Å².